The molecular formula is C15H20N4O2S. The Kier molecular flexibility index (Phi) is 4.74. The van der Waals surface area contributed by atoms with Crippen molar-refractivity contribution in [3.63, 3.8) is 0 Å². The van der Waals surface area contributed by atoms with Gasteiger partial charge in [0, 0.05) is 24.6 Å². The highest BCUT2D eigenvalue weighted by Crippen LogP contribution is 2.31. The first-order valence-corrected chi connectivity index (χ1v) is 8.27. The second kappa shape index (κ2) is 6.93. The fraction of sp³-hybridized carbons (Fsp3) is 0.467. The largest absolute Gasteiger partial charge is 0.374 e. The van der Waals surface area contributed by atoms with Gasteiger partial charge < -0.3 is 10.1 Å². The van der Waals surface area contributed by atoms with Gasteiger partial charge in [0.25, 0.3) is 0 Å². The van der Waals surface area contributed by atoms with Crippen LogP contribution in [0.3, 0.4) is 0 Å². The van der Waals surface area contributed by atoms with E-state index in [0.717, 1.165) is 17.2 Å². The van der Waals surface area contributed by atoms with Crippen molar-refractivity contribution in [1.29, 1.82) is 0 Å². The standard InChI is InChI=1S/C15H20N4O2S/c1-21-12(13-3-2-8-22-13)9-16-15(20)18-14-6-7-17-19(14)10-11-4-5-11/h2-3,6-8,11-12H,4-5,9-10H2,1H3,(H2,16,18,20). The number of urea groups is 1. The van der Waals surface area contributed by atoms with Gasteiger partial charge in [0.05, 0.1) is 12.7 Å². The molecule has 3 rings (SSSR count). The van der Waals surface area contributed by atoms with E-state index in [-0.39, 0.29) is 12.1 Å². The first kappa shape index (κ1) is 15.1. The molecule has 0 radical (unpaired) electrons. The molecule has 0 spiro atoms. The molecule has 1 unspecified atom stereocenters. The Morgan fingerprint density at radius 1 is 1.55 bits per heavy atom. The number of nitrogens with one attached hydrogen (secondary N) is 2. The van der Waals surface area contributed by atoms with E-state index in [9.17, 15) is 4.79 Å². The van der Waals surface area contributed by atoms with Crippen molar-refractivity contribution in [2.24, 2.45) is 5.92 Å². The van der Waals surface area contributed by atoms with Crippen LogP contribution in [0.25, 0.3) is 0 Å². The molecule has 0 aromatic carbocycles. The number of thiophene rings is 1. The molecule has 1 fully saturated rings. The van der Waals surface area contributed by atoms with E-state index in [1.54, 1.807) is 24.6 Å². The summed E-state index contributed by atoms with van der Waals surface area (Å²) in [6.07, 6.45) is 4.09. The maximum Gasteiger partial charge on any atom is 0.320 e. The van der Waals surface area contributed by atoms with E-state index in [1.807, 2.05) is 28.3 Å². The molecule has 22 heavy (non-hydrogen) atoms. The normalized spacial score (nSPS) is 15.5. The number of amides is 2. The molecule has 0 bridgehead atoms. The molecule has 1 atom stereocenters. The Bertz CT molecular complexity index is 607. The molecule has 2 N–H and O–H groups in total. The molecule has 1 aliphatic rings. The molecular weight excluding hydrogens is 300 g/mol. The fourth-order valence-electron chi connectivity index (χ4n) is 2.25. The van der Waals surface area contributed by atoms with Crippen LogP contribution in [0.15, 0.2) is 29.8 Å². The Hall–Kier alpha value is -1.86. The fourth-order valence-corrected chi connectivity index (χ4v) is 3.05. The summed E-state index contributed by atoms with van der Waals surface area (Å²) in [5, 5.41) is 11.9. The van der Waals surface area contributed by atoms with Gasteiger partial charge >= 0.3 is 6.03 Å². The van der Waals surface area contributed by atoms with Gasteiger partial charge in [-0.3, -0.25) is 5.32 Å². The minimum Gasteiger partial charge on any atom is -0.374 e. The van der Waals surface area contributed by atoms with Crippen LogP contribution in [0.2, 0.25) is 0 Å². The lowest BCUT2D eigenvalue weighted by Gasteiger charge is -2.15. The van der Waals surface area contributed by atoms with Gasteiger partial charge in [-0.15, -0.1) is 11.3 Å². The van der Waals surface area contributed by atoms with Crippen molar-refractivity contribution in [3.8, 4) is 0 Å². The molecule has 0 aliphatic heterocycles. The maximum absolute atomic E-state index is 12.0. The minimum absolute atomic E-state index is 0.123. The van der Waals surface area contributed by atoms with E-state index < -0.39 is 0 Å². The summed E-state index contributed by atoms with van der Waals surface area (Å²) in [6.45, 7) is 1.30. The van der Waals surface area contributed by atoms with E-state index in [0.29, 0.717) is 12.5 Å². The third-order valence-corrected chi connectivity index (χ3v) is 4.64. The summed E-state index contributed by atoms with van der Waals surface area (Å²) in [4.78, 5) is 13.1. The van der Waals surface area contributed by atoms with E-state index in [4.69, 9.17) is 4.74 Å². The summed E-state index contributed by atoms with van der Waals surface area (Å²) in [5.74, 6) is 1.44. The second-order valence-corrected chi connectivity index (χ2v) is 6.40. The third-order valence-electron chi connectivity index (χ3n) is 3.68. The number of aromatic nitrogens is 2. The molecule has 118 valence electrons. The molecule has 1 saturated carbocycles. The van der Waals surface area contributed by atoms with Gasteiger partial charge in [-0.2, -0.15) is 5.10 Å². The SMILES string of the molecule is COC(CNC(=O)Nc1ccnn1CC1CC1)c1cccs1. The summed E-state index contributed by atoms with van der Waals surface area (Å²) < 4.78 is 7.27. The van der Waals surface area contributed by atoms with Crippen molar-refractivity contribution in [2.75, 3.05) is 19.0 Å². The molecule has 2 heterocycles. The smallest absolute Gasteiger partial charge is 0.320 e. The van der Waals surface area contributed by atoms with Crippen molar-refractivity contribution in [2.45, 2.75) is 25.5 Å². The van der Waals surface area contributed by atoms with E-state index in [1.165, 1.54) is 12.8 Å². The number of methoxy groups -OCH3 is 1. The average molecular weight is 320 g/mol. The number of nitrogens with zero attached hydrogens (tertiary/aromatic N) is 2. The van der Waals surface area contributed by atoms with Crippen LogP contribution in [-0.2, 0) is 11.3 Å². The van der Waals surface area contributed by atoms with Crippen molar-refractivity contribution < 1.29 is 9.53 Å². The van der Waals surface area contributed by atoms with Crippen LogP contribution in [-0.4, -0.2) is 29.5 Å². The first-order valence-electron chi connectivity index (χ1n) is 7.39. The van der Waals surface area contributed by atoms with Crippen LogP contribution in [0.5, 0.6) is 0 Å². The lowest BCUT2D eigenvalue weighted by Crippen LogP contribution is -2.33. The molecule has 2 amide bonds. The van der Waals surface area contributed by atoms with Gasteiger partial charge in [-0.1, -0.05) is 6.07 Å². The van der Waals surface area contributed by atoms with E-state index >= 15 is 0 Å². The third kappa shape index (κ3) is 3.86. The lowest BCUT2D eigenvalue weighted by molar-refractivity contribution is 0.107. The summed E-state index contributed by atoms with van der Waals surface area (Å²) in [6, 6.07) is 5.55. The zero-order valence-electron chi connectivity index (χ0n) is 12.5. The average Bonchev–Trinajstić information content (AvgIpc) is 2.98. The van der Waals surface area contributed by atoms with Crippen LogP contribution in [0.1, 0.15) is 23.8 Å². The van der Waals surface area contributed by atoms with Gasteiger partial charge in [0.1, 0.15) is 11.9 Å². The molecule has 1 aliphatic carbocycles. The second-order valence-electron chi connectivity index (χ2n) is 5.42. The molecule has 2 aromatic heterocycles. The Balaban J connectivity index is 1.50. The highest BCUT2D eigenvalue weighted by molar-refractivity contribution is 7.10. The highest BCUT2D eigenvalue weighted by atomic mass is 32.1. The van der Waals surface area contributed by atoms with Crippen LogP contribution in [0.4, 0.5) is 10.6 Å². The van der Waals surface area contributed by atoms with Crippen LogP contribution in [0, 0.1) is 5.92 Å². The monoisotopic (exact) mass is 320 g/mol. The quantitative estimate of drug-likeness (QED) is 0.824. The number of ether oxygens (including phenoxy) is 1. The summed E-state index contributed by atoms with van der Waals surface area (Å²) >= 11 is 1.62. The van der Waals surface area contributed by atoms with Gasteiger partial charge in [-0.25, -0.2) is 9.48 Å². The van der Waals surface area contributed by atoms with Gasteiger partial charge in [-0.05, 0) is 30.2 Å². The number of anilines is 1. The van der Waals surface area contributed by atoms with Gasteiger partial charge in [0.15, 0.2) is 0 Å². The minimum atomic E-state index is -0.240. The first-order chi connectivity index (χ1) is 10.8. The lowest BCUT2D eigenvalue weighted by atomic mass is 10.3. The number of carbonyl (C=O) groups is 1. The summed E-state index contributed by atoms with van der Waals surface area (Å²) in [7, 11) is 1.65. The topological polar surface area (TPSA) is 68.2 Å². The predicted octanol–water partition coefficient (Wildman–Crippen LogP) is 2.86. The van der Waals surface area contributed by atoms with Crippen LogP contribution < -0.4 is 10.6 Å². The van der Waals surface area contributed by atoms with Crippen molar-refractivity contribution in [1.82, 2.24) is 15.1 Å². The number of rotatable bonds is 7. The van der Waals surface area contributed by atoms with E-state index in [2.05, 4.69) is 15.7 Å². The number of carbonyl (C=O) groups excluding carboxylic acids is 1. The summed E-state index contributed by atoms with van der Waals surface area (Å²) in [5.41, 5.74) is 0. The Morgan fingerprint density at radius 3 is 3.09 bits per heavy atom. The zero-order chi connectivity index (χ0) is 15.4. The van der Waals surface area contributed by atoms with Crippen molar-refractivity contribution >= 4 is 23.2 Å². The number of hydrogen-bond acceptors (Lipinski definition) is 4. The Labute approximate surface area is 133 Å². The highest BCUT2D eigenvalue weighted by Gasteiger charge is 2.23. The predicted molar refractivity (Wildman–Crippen MR) is 86.0 cm³/mol. The Morgan fingerprint density at radius 2 is 2.41 bits per heavy atom. The zero-order valence-corrected chi connectivity index (χ0v) is 13.3. The molecule has 7 heteroatoms. The molecule has 0 saturated heterocycles. The number of hydrogen-bond donors (Lipinski definition) is 2. The molecule has 6 nitrogen and oxygen atoms in total. The van der Waals surface area contributed by atoms with Gasteiger partial charge in [0.2, 0.25) is 0 Å². The molecule has 2 aromatic rings. The van der Waals surface area contributed by atoms with Crippen molar-refractivity contribution in [3.05, 3.63) is 34.7 Å². The maximum atomic E-state index is 12.0. The van der Waals surface area contributed by atoms with Crippen LogP contribution >= 0.6 is 11.3 Å².